The molecule has 2 aliphatic rings. The fraction of sp³-hybridized carbons (Fsp3) is 0.455. The SMILES string of the molecule is CCOC(=O)N1CCC(NC(=O)CN2C(=O)N[C@@](C)(c3cc4ccccc4o3)C2=O)CC1. The first-order valence-electron chi connectivity index (χ1n) is 10.7. The molecule has 5 amide bonds. The van der Waals surface area contributed by atoms with Gasteiger partial charge in [0, 0.05) is 24.5 Å². The summed E-state index contributed by atoms with van der Waals surface area (Å²) in [7, 11) is 0. The third kappa shape index (κ3) is 4.00. The molecule has 4 rings (SSSR count). The van der Waals surface area contributed by atoms with Gasteiger partial charge in [0.25, 0.3) is 5.91 Å². The smallest absolute Gasteiger partial charge is 0.409 e. The first-order valence-corrected chi connectivity index (χ1v) is 10.7. The number of nitrogens with one attached hydrogen (secondary N) is 2. The highest BCUT2D eigenvalue weighted by Crippen LogP contribution is 2.32. The number of urea groups is 1. The van der Waals surface area contributed by atoms with E-state index in [2.05, 4.69) is 10.6 Å². The Bertz CT molecular complexity index is 1020. The first kappa shape index (κ1) is 21.7. The number of carbonyl (C=O) groups is 4. The summed E-state index contributed by atoms with van der Waals surface area (Å²) in [5.74, 6) is -0.669. The zero-order valence-corrected chi connectivity index (χ0v) is 18.1. The molecule has 2 saturated heterocycles. The van der Waals surface area contributed by atoms with Gasteiger partial charge < -0.3 is 24.7 Å². The van der Waals surface area contributed by atoms with Gasteiger partial charge in [0.2, 0.25) is 5.91 Å². The highest BCUT2D eigenvalue weighted by Gasteiger charge is 2.51. The molecule has 0 spiro atoms. The Morgan fingerprint density at radius 2 is 1.97 bits per heavy atom. The molecule has 1 aromatic heterocycles. The topological polar surface area (TPSA) is 121 Å². The summed E-state index contributed by atoms with van der Waals surface area (Å²) >= 11 is 0. The summed E-state index contributed by atoms with van der Waals surface area (Å²) in [6.45, 7) is 4.18. The molecule has 0 aliphatic carbocycles. The number of piperidine rings is 1. The van der Waals surface area contributed by atoms with E-state index in [9.17, 15) is 19.2 Å². The molecule has 170 valence electrons. The van der Waals surface area contributed by atoms with Crippen molar-refractivity contribution in [3.63, 3.8) is 0 Å². The Hall–Kier alpha value is -3.56. The standard InChI is InChI=1S/C22H26N4O6/c1-3-31-21(30)25-10-8-15(9-11-25)23-18(27)13-26-19(28)22(2,24-20(26)29)17-12-14-6-4-5-7-16(14)32-17/h4-7,12,15H,3,8-11,13H2,1-2H3,(H,23,27)(H,24,29)/t22-/m0/s1. The molecular weight excluding hydrogens is 416 g/mol. The highest BCUT2D eigenvalue weighted by molar-refractivity contribution is 6.09. The minimum absolute atomic E-state index is 0.143. The van der Waals surface area contributed by atoms with Gasteiger partial charge in [0.1, 0.15) is 17.9 Å². The van der Waals surface area contributed by atoms with Crippen molar-refractivity contribution in [1.82, 2.24) is 20.4 Å². The van der Waals surface area contributed by atoms with Crippen molar-refractivity contribution in [3.8, 4) is 0 Å². The predicted octanol–water partition coefficient (Wildman–Crippen LogP) is 1.94. The monoisotopic (exact) mass is 442 g/mol. The molecule has 2 N–H and O–H groups in total. The number of fused-ring (bicyclic) bond motifs is 1. The van der Waals surface area contributed by atoms with Gasteiger partial charge in [-0.25, -0.2) is 9.59 Å². The van der Waals surface area contributed by atoms with Gasteiger partial charge in [-0.3, -0.25) is 14.5 Å². The normalized spacial score (nSPS) is 21.7. The fourth-order valence-corrected chi connectivity index (χ4v) is 4.07. The molecule has 0 radical (unpaired) electrons. The van der Waals surface area contributed by atoms with Crippen LogP contribution in [0.15, 0.2) is 34.7 Å². The molecule has 1 aromatic carbocycles. The number of furan rings is 1. The van der Waals surface area contributed by atoms with Crippen LogP contribution in [0.25, 0.3) is 11.0 Å². The maximum Gasteiger partial charge on any atom is 0.409 e. The van der Waals surface area contributed by atoms with E-state index < -0.39 is 29.9 Å². The van der Waals surface area contributed by atoms with E-state index in [0.29, 0.717) is 43.9 Å². The Morgan fingerprint density at radius 3 is 2.66 bits per heavy atom. The molecular formula is C22H26N4O6. The largest absolute Gasteiger partial charge is 0.458 e. The molecule has 32 heavy (non-hydrogen) atoms. The number of hydrogen-bond donors (Lipinski definition) is 2. The lowest BCUT2D eigenvalue weighted by Crippen LogP contribution is -2.49. The number of ether oxygens (including phenoxy) is 1. The van der Waals surface area contributed by atoms with Crippen LogP contribution in [0.4, 0.5) is 9.59 Å². The van der Waals surface area contributed by atoms with Gasteiger partial charge in [0.15, 0.2) is 5.54 Å². The minimum Gasteiger partial charge on any atom is -0.458 e. The second-order valence-corrected chi connectivity index (χ2v) is 8.12. The lowest BCUT2D eigenvalue weighted by Gasteiger charge is -2.31. The second kappa shape index (κ2) is 8.52. The van der Waals surface area contributed by atoms with Crippen molar-refractivity contribution in [2.45, 2.75) is 38.3 Å². The van der Waals surface area contributed by atoms with Crippen LogP contribution in [0.2, 0.25) is 0 Å². The quantitative estimate of drug-likeness (QED) is 0.683. The number of nitrogens with zero attached hydrogens (tertiary/aromatic N) is 2. The van der Waals surface area contributed by atoms with E-state index in [1.54, 1.807) is 30.9 Å². The average Bonchev–Trinajstić information content (AvgIpc) is 3.30. The van der Waals surface area contributed by atoms with Crippen molar-refractivity contribution in [2.75, 3.05) is 26.2 Å². The van der Waals surface area contributed by atoms with Gasteiger partial charge in [-0.2, -0.15) is 0 Å². The van der Waals surface area contributed by atoms with E-state index in [1.807, 2.05) is 18.2 Å². The molecule has 2 aliphatic heterocycles. The number of rotatable bonds is 5. The molecule has 0 saturated carbocycles. The summed E-state index contributed by atoms with van der Waals surface area (Å²) in [5.41, 5.74) is -0.780. The van der Waals surface area contributed by atoms with E-state index in [4.69, 9.17) is 9.15 Å². The number of benzene rings is 1. The third-order valence-electron chi connectivity index (χ3n) is 5.88. The van der Waals surface area contributed by atoms with Crippen LogP contribution in [0.1, 0.15) is 32.4 Å². The number of imide groups is 1. The number of para-hydroxylation sites is 1. The third-order valence-corrected chi connectivity index (χ3v) is 5.88. The number of amides is 5. The maximum atomic E-state index is 13.1. The summed E-state index contributed by atoms with van der Waals surface area (Å²) in [6.07, 6.45) is 0.782. The van der Waals surface area contributed by atoms with Crippen LogP contribution in [0.5, 0.6) is 0 Å². The second-order valence-electron chi connectivity index (χ2n) is 8.12. The number of carbonyl (C=O) groups excluding carboxylic acids is 4. The van der Waals surface area contributed by atoms with Gasteiger partial charge in [-0.15, -0.1) is 0 Å². The van der Waals surface area contributed by atoms with Crippen molar-refractivity contribution in [3.05, 3.63) is 36.1 Å². The summed E-state index contributed by atoms with van der Waals surface area (Å²) in [5, 5.41) is 6.32. The molecule has 0 bridgehead atoms. The van der Waals surface area contributed by atoms with Gasteiger partial charge >= 0.3 is 12.1 Å². The van der Waals surface area contributed by atoms with E-state index in [-0.39, 0.29) is 12.1 Å². The molecule has 10 heteroatoms. The van der Waals surface area contributed by atoms with E-state index in [1.165, 1.54) is 0 Å². The summed E-state index contributed by atoms with van der Waals surface area (Å²) in [4.78, 5) is 52.4. The Kier molecular flexibility index (Phi) is 5.77. The van der Waals surface area contributed by atoms with E-state index in [0.717, 1.165) is 10.3 Å². The van der Waals surface area contributed by atoms with E-state index >= 15 is 0 Å². The minimum atomic E-state index is -1.39. The zero-order chi connectivity index (χ0) is 22.9. The van der Waals surface area contributed by atoms with Crippen LogP contribution in [-0.2, 0) is 19.9 Å². The zero-order valence-electron chi connectivity index (χ0n) is 18.1. The summed E-state index contributed by atoms with van der Waals surface area (Å²) in [6, 6.07) is 8.23. The molecule has 1 atom stereocenters. The Balaban J connectivity index is 1.36. The van der Waals surface area contributed by atoms with Gasteiger partial charge in [-0.1, -0.05) is 18.2 Å². The van der Waals surface area contributed by atoms with Crippen molar-refractivity contribution < 1.29 is 28.3 Å². The lowest BCUT2D eigenvalue weighted by molar-refractivity contribution is -0.135. The predicted molar refractivity (Wildman–Crippen MR) is 114 cm³/mol. The Morgan fingerprint density at radius 1 is 1.25 bits per heavy atom. The van der Waals surface area contributed by atoms with Crippen LogP contribution >= 0.6 is 0 Å². The van der Waals surface area contributed by atoms with Gasteiger partial charge in [-0.05, 0) is 38.8 Å². The van der Waals surface area contributed by atoms with Crippen LogP contribution in [0, 0.1) is 0 Å². The average molecular weight is 442 g/mol. The fourth-order valence-electron chi connectivity index (χ4n) is 4.07. The van der Waals surface area contributed by atoms with Crippen molar-refractivity contribution in [1.29, 1.82) is 0 Å². The van der Waals surface area contributed by atoms with Crippen LogP contribution < -0.4 is 10.6 Å². The van der Waals surface area contributed by atoms with Crippen molar-refractivity contribution >= 4 is 34.9 Å². The molecule has 3 heterocycles. The highest BCUT2D eigenvalue weighted by atomic mass is 16.6. The first-order chi connectivity index (χ1) is 15.3. The number of hydrogen-bond acceptors (Lipinski definition) is 6. The molecule has 2 aromatic rings. The molecule has 2 fully saturated rings. The molecule has 10 nitrogen and oxygen atoms in total. The maximum absolute atomic E-state index is 13.1. The Labute approximate surface area is 184 Å². The number of likely N-dealkylation sites (tertiary alicyclic amines) is 1. The van der Waals surface area contributed by atoms with Gasteiger partial charge in [0.05, 0.1) is 6.61 Å². The van der Waals surface area contributed by atoms with Crippen LogP contribution in [0.3, 0.4) is 0 Å². The molecule has 0 unspecified atom stereocenters. The summed E-state index contributed by atoms with van der Waals surface area (Å²) < 4.78 is 10.8. The lowest BCUT2D eigenvalue weighted by atomic mass is 9.99. The van der Waals surface area contributed by atoms with Crippen molar-refractivity contribution in [2.24, 2.45) is 0 Å². The van der Waals surface area contributed by atoms with Crippen LogP contribution in [-0.4, -0.2) is 66.0 Å².